The van der Waals surface area contributed by atoms with E-state index in [4.69, 9.17) is 21.1 Å². The maximum Gasteiger partial charge on any atom is 0.123 e. The molecule has 2 N–H and O–H groups in total. The highest BCUT2D eigenvalue weighted by atomic mass is 35.5. The first-order valence-corrected chi connectivity index (χ1v) is 11.1. The third kappa shape index (κ3) is 3.85. The van der Waals surface area contributed by atoms with Crippen LogP contribution in [-0.4, -0.2) is 70.7 Å². The van der Waals surface area contributed by atoms with Crippen LogP contribution in [0.15, 0.2) is 36.9 Å². The van der Waals surface area contributed by atoms with E-state index in [9.17, 15) is 5.11 Å². The van der Waals surface area contributed by atoms with E-state index >= 15 is 0 Å². The number of aliphatic hydroxyl groups is 1. The van der Waals surface area contributed by atoms with Gasteiger partial charge in [-0.05, 0) is 24.6 Å². The molecule has 4 heterocycles. The van der Waals surface area contributed by atoms with Gasteiger partial charge in [0.2, 0.25) is 0 Å². The summed E-state index contributed by atoms with van der Waals surface area (Å²) in [5, 5.41) is 14.2. The third-order valence-corrected chi connectivity index (χ3v) is 7.01. The van der Waals surface area contributed by atoms with E-state index < -0.39 is 0 Å². The Hall–Kier alpha value is -1.64. The largest absolute Gasteiger partial charge is 0.493 e. The number of rotatable bonds is 8. The fraction of sp³-hybridized carbons (Fsp3) is 0.591. The molecule has 2 bridgehead atoms. The first-order valence-electron chi connectivity index (χ1n) is 10.8. The minimum Gasteiger partial charge on any atom is -0.493 e. The molecule has 7 nitrogen and oxygen atoms in total. The Morgan fingerprint density at radius 2 is 2.33 bits per heavy atom. The molecule has 0 aliphatic carbocycles. The molecule has 0 radical (unpaired) electrons. The Bertz CT molecular complexity index is 864. The van der Waals surface area contributed by atoms with E-state index in [0.29, 0.717) is 12.5 Å². The average molecular weight is 433 g/mol. The number of morpholine rings is 1. The van der Waals surface area contributed by atoms with E-state index in [1.165, 1.54) is 0 Å². The normalized spacial score (nSPS) is 30.5. The Balaban J connectivity index is 1.23. The standard InChI is InChI=1S/C22H29ClN4O3/c23-17-2-3-20(29-7-1-5-26-6-4-24-15-26)16(8-17)10-27-11-19-18(12-28)21-9-25-13-22(19,14-27)30-21/h2-4,6,8,15,18-19,21,25,28H,1,5,7,9-14H2/t18-,19+,21+,22+/m0/s1. The molecular formula is C22H29ClN4O3. The molecule has 0 amide bonds. The van der Waals surface area contributed by atoms with Crippen LogP contribution >= 0.6 is 11.6 Å². The highest BCUT2D eigenvalue weighted by molar-refractivity contribution is 6.30. The molecular weight excluding hydrogens is 404 g/mol. The van der Waals surface area contributed by atoms with Crippen molar-refractivity contribution in [1.82, 2.24) is 19.8 Å². The van der Waals surface area contributed by atoms with Gasteiger partial charge in [-0.1, -0.05) is 11.6 Å². The fourth-order valence-electron chi connectivity index (χ4n) is 5.42. The minimum absolute atomic E-state index is 0.136. The molecule has 1 spiro atoms. The van der Waals surface area contributed by atoms with Gasteiger partial charge in [-0.2, -0.15) is 0 Å². The zero-order chi connectivity index (χ0) is 20.6. The number of halogens is 1. The summed E-state index contributed by atoms with van der Waals surface area (Å²) in [4.78, 5) is 6.49. The predicted octanol–water partition coefficient (Wildman–Crippen LogP) is 1.79. The molecule has 3 aliphatic rings. The lowest BCUT2D eigenvalue weighted by molar-refractivity contribution is -0.0746. The zero-order valence-corrected chi connectivity index (χ0v) is 17.8. The second-order valence-corrected chi connectivity index (χ2v) is 9.17. The Kier molecular flexibility index (Phi) is 5.73. The second kappa shape index (κ2) is 8.48. The Morgan fingerprint density at radius 1 is 1.40 bits per heavy atom. The van der Waals surface area contributed by atoms with Gasteiger partial charge in [-0.3, -0.25) is 4.90 Å². The highest BCUT2D eigenvalue weighted by Gasteiger charge is 2.60. The van der Waals surface area contributed by atoms with Crippen LogP contribution in [0.2, 0.25) is 5.02 Å². The number of fused-ring (bicyclic) bond motifs is 1. The van der Waals surface area contributed by atoms with E-state index in [0.717, 1.165) is 62.0 Å². The van der Waals surface area contributed by atoms with Gasteiger partial charge in [-0.25, -0.2) is 4.98 Å². The summed E-state index contributed by atoms with van der Waals surface area (Å²) in [6, 6.07) is 5.86. The van der Waals surface area contributed by atoms with Crippen molar-refractivity contribution in [2.24, 2.45) is 11.8 Å². The Labute approximate surface area is 181 Å². The van der Waals surface area contributed by atoms with Crippen molar-refractivity contribution >= 4 is 11.6 Å². The monoisotopic (exact) mass is 432 g/mol. The third-order valence-electron chi connectivity index (χ3n) is 6.78. The number of aliphatic hydroxyl groups excluding tert-OH is 1. The SMILES string of the molecule is OC[C@H]1[C@H]2CN(Cc3cc(Cl)ccc3OCCCn3ccnc3)C[C@]23CNC[C@H]1O3. The summed E-state index contributed by atoms with van der Waals surface area (Å²) < 4.78 is 14.6. The number of hydrogen-bond acceptors (Lipinski definition) is 6. The van der Waals surface area contributed by atoms with Crippen LogP contribution in [0.5, 0.6) is 5.75 Å². The molecule has 8 heteroatoms. The highest BCUT2D eigenvalue weighted by Crippen LogP contribution is 2.47. The van der Waals surface area contributed by atoms with Crippen LogP contribution in [0, 0.1) is 11.8 Å². The van der Waals surface area contributed by atoms with Gasteiger partial charge < -0.3 is 24.5 Å². The van der Waals surface area contributed by atoms with Gasteiger partial charge in [-0.15, -0.1) is 0 Å². The van der Waals surface area contributed by atoms with Gasteiger partial charge in [0.25, 0.3) is 0 Å². The molecule has 3 aliphatic heterocycles. The fourth-order valence-corrected chi connectivity index (χ4v) is 5.61. The molecule has 5 rings (SSSR count). The van der Waals surface area contributed by atoms with Gasteiger partial charge in [0.1, 0.15) is 5.75 Å². The topological polar surface area (TPSA) is 71.8 Å². The van der Waals surface area contributed by atoms with Crippen LogP contribution in [-0.2, 0) is 17.8 Å². The van der Waals surface area contributed by atoms with E-state index in [-0.39, 0.29) is 24.2 Å². The molecule has 0 saturated carbocycles. The van der Waals surface area contributed by atoms with Crippen molar-refractivity contribution in [3.05, 3.63) is 47.5 Å². The number of nitrogens with one attached hydrogen (secondary N) is 1. The van der Waals surface area contributed by atoms with Crippen LogP contribution in [0.1, 0.15) is 12.0 Å². The van der Waals surface area contributed by atoms with E-state index in [1.807, 2.05) is 30.7 Å². The van der Waals surface area contributed by atoms with Gasteiger partial charge in [0.15, 0.2) is 0 Å². The van der Waals surface area contributed by atoms with Crippen molar-refractivity contribution in [1.29, 1.82) is 0 Å². The number of likely N-dealkylation sites (tertiary alicyclic amines) is 1. The van der Waals surface area contributed by atoms with Crippen molar-refractivity contribution in [3.8, 4) is 5.75 Å². The number of hydrogen-bond donors (Lipinski definition) is 2. The van der Waals surface area contributed by atoms with Gasteiger partial charge in [0, 0.05) is 80.7 Å². The number of imidazole rings is 1. The summed E-state index contributed by atoms with van der Waals surface area (Å²) >= 11 is 6.30. The summed E-state index contributed by atoms with van der Waals surface area (Å²) in [5.41, 5.74) is 0.920. The summed E-state index contributed by atoms with van der Waals surface area (Å²) in [6.07, 6.45) is 6.62. The maximum atomic E-state index is 9.93. The lowest BCUT2D eigenvalue weighted by atomic mass is 9.83. The molecule has 162 valence electrons. The first-order chi connectivity index (χ1) is 14.7. The molecule has 30 heavy (non-hydrogen) atoms. The van der Waals surface area contributed by atoms with Gasteiger partial charge in [0.05, 0.1) is 24.6 Å². The van der Waals surface area contributed by atoms with Crippen molar-refractivity contribution in [2.45, 2.75) is 31.2 Å². The summed E-state index contributed by atoms with van der Waals surface area (Å²) in [6.45, 7) is 5.97. The quantitative estimate of drug-likeness (QED) is 0.620. The van der Waals surface area contributed by atoms with E-state index in [1.54, 1.807) is 6.20 Å². The lowest BCUT2D eigenvalue weighted by Gasteiger charge is -2.34. The van der Waals surface area contributed by atoms with Crippen molar-refractivity contribution in [3.63, 3.8) is 0 Å². The Morgan fingerprint density at radius 3 is 3.17 bits per heavy atom. The van der Waals surface area contributed by atoms with Crippen LogP contribution in [0.25, 0.3) is 0 Å². The molecule has 4 atom stereocenters. The molecule has 1 aromatic heterocycles. The number of nitrogens with zero attached hydrogens (tertiary/aromatic N) is 3. The van der Waals surface area contributed by atoms with Crippen LogP contribution in [0.4, 0.5) is 0 Å². The number of benzene rings is 1. The molecule has 3 fully saturated rings. The minimum atomic E-state index is -0.180. The molecule has 2 aromatic rings. The van der Waals surface area contributed by atoms with Crippen molar-refractivity contribution < 1.29 is 14.6 Å². The van der Waals surface area contributed by atoms with E-state index in [2.05, 4.69) is 19.8 Å². The number of aromatic nitrogens is 2. The van der Waals surface area contributed by atoms with Crippen molar-refractivity contribution in [2.75, 3.05) is 39.4 Å². The molecule has 1 aromatic carbocycles. The second-order valence-electron chi connectivity index (χ2n) is 8.73. The number of ether oxygens (including phenoxy) is 2. The number of aryl methyl sites for hydroxylation is 1. The molecule has 0 unspecified atom stereocenters. The smallest absolute Gasteiger partial charge is 0.123 e. The van der Waals surface area contributed by atoms with Gasteiger partial charge >= 0.3 is 0 Å². The zero-order valence-electron chi connectivity index (χ0n) is 17.0. The average Bonchev–Trinajstić information content (AvgIpc) is 3.40. The maximum absolute atomic E-state index is 9.93. The molecule has 3 saturated heterocycles. The lowest BCUT2D eigenvalue weighted by Crippen LogP contribution is -2.52. The first kappa shape index (κ1) is 20.3. The van der Waals surface area contributed by atoms with Crippen LogP contribution in [0.3, 0.4) is 0 Å². The summed E-state index contributed by atoms with van der Waals surface area (Å²) in [5.74, 6) is 1.46. The predicted molar refractivity (Wildman–Crippen MR) is 114 cm³/mol. The van der Waals surface area contributed by atoms with Crippen LogP contribution < -0.4 is 10.1 Å². The summed E-state index contributed by atoms with van der Waals surface area (Å²) in [7, 11) is 0.